The number of halogens is 1. The lowest BCUT2D eigenvalue weighted by Gasteiger charge is -2.15. The molecule has 0 saturated heterocycles. The third kappa shape index (κ3) is 9.53. The Bertz CT molecular complexity index is 563. The van der Waals surface area contributed by atoms with Crippen LogP contribution in [0.3, 0.4) is 0 Å². The maximum absolute atomic E-state index is 12.4. The summed E-state index contributed by atoms with van der Waals surface area (Å²) in [7, 11) is -3.90. The van der Waals surface area contributed by atoms with E-state index < -0.39 is 27.4 Å². The standard InChI is InChI=1S/C8H7FO4S.C6H15NO3/c9-6-1-3-7(4-2-6)14(12,13)5-8(10)11;8-4-1-7(2-5-9)3-6-10/h1-4H,5H2,(H,10,11);8-10H,1-6H2. The van der Waals surface area contributed by atoms with Crippen LogP contribution in [-0.2, 0) is 14.6 Å². The fourth-order valence-electron chi connectivity index (χ4n) is 1.73. The number of hydrogen-bond donors (Lipinski definition) is 4. The second kappa shape index (κ2) is 11.9. The van der Waals surface area contributed by atoms with Crippen molar-refractivity contribution in [2.45, 2.75) is 4.90 Å². The Morgan fingerprint density at radius 1 is 1.00 bits per heavy atom. The summed E-state index contributed by atoms with van der Waals surface area (Å²) in [6.07, 6.45) is 0. The summed E-state index contributed by atoms with van der Waals surface area (Å²) in [6, 6.07) is 3.91. The molecule has 1 aromatic rings. The molecule has 0 fully saturated rings. The number of aliphatic hydroxyl groups is 3. The third-order valence-corrected chi connectivity index (χ3v) is 4.48. The summed E-state index contributed by atoms with van der Waals surface area (Å²) < 4.78 is 34.8. The van der Waals surface area contributed by atoms with E-state index in [1.165, 1.54) is 0 Å². The number of carboxylic acids is 1. The molecular weight excluding hydrogens is 345 g/mol. The van der Waals surface area contributed by atoms with Crippen molar-refractivity contribution < 1.29 is 42.9 Å². The first-order chi connectivity index (χ1) is 11.3. The monoisotopic (exact) mass is 367 g/mol. The average Bonchev–Trinajstić information content (AvgIpc) is 2.48. The largest absolute Gasteiger partial charge is 0.549 e. The maximum Gasteiger partial charge on any atom is 0.183 e. The number of rotatable bonds is 9. The summed E-state index contributed by atoms with van der Waals surface area (Å²) in [5.41, 5.74) is 0. The predicted molar refractivity (Wildman–Crippen MR) is 80.3 cm³/mol. The summed E-state index contributed by atoms with van der Waals surface area (Å²) in [6.45, 7) is 2.11. The first kappa shape index (κ1) is 22.4. The predicted octanol–water partition coefficient (Wildman–Crippen LogP) is -3.80. The molecule has 0 spiro atoms. The van der Waals surface area contributed by atoms with Crippen molar-refractivity contribution in [3.8, 4) is 0 Å². The summed E-state index contributed by atoms with van der Waals surface area (Å²) in [5, 5.41) is 35.6. The second-order valence-electron chi connectivity index (χ2n) is 4.76. The molecule has 4 N–H and O–H groups in total. The highest BCUT2D eigenvalue weighted by molar-refractivity contribution is 7.92. The Hall–Kier alpha value is -1.59. The van der Waals surface area contributed by atoms with Crippen LogP contribution >= 0.6 is 0 Å². The number of carbonyl (C=O) groups is 1. The molecule has 0 aliphatic carbocycles. The van der Waals surface area contributed by atoms with Crippen LogP contribution in [-0.4, -0.2) is 74.9 Å². The minimum atomic E-state index is -3.90. The highest BCUT2D eigenvalue weighted by atomic mass is 32.2. The number of aliphatic carboxylic acids is 1. The van der Waals surface area contributed by atoms with Crippen LogP contribution in [0.5, 0.6) is 0 Å². The van der Waals surface area contributed by atoms with Crippen molar-refractivity contribution >= 4 is 15.8 Å². The molecule has 0 aromatic heterocycles. The number of hydrogen-bond acceptors (Lipinski definition) is 7. The molecule has 0 unspecified atom stereocenters. The van der Waals surface area contributed by atoms with E-state index in [0.717, 1.165) is 29.2 Å². The molecule has 0 amide bonds. The second-order valence-corrected chi connectivity index (χ2v) is 6.75. The van der Waals surface area contributed by atoms with Gasteiger partial charge in [0.25, 0.3) is 0 Å². The molecule has 0 heterocycles. The summed E-state index contributed by atoms with van der Waals surface area (Å²) >= 11 is 0. The lowest BCUT2D eigenvalue weighted by atomic mass is 10.4. The summed E-state index contributed by atoms with van der Waals surface area (Å²) in [4.78, 5) is 10.9. The first-order valence-electron chi connectivity index (χ1n) is 7.11. The van der Waals surface area contributed by atoms with Gasteiger partial charge in [0, 0.05) is 0 Å². The van der Waals surface area contributed by atoms with Crippen LogP contribution in [0.15, 0.2) is 29.2 Å². The van der Waals surface area contributed by atoms with E-state index in [9.17, 15) is 22.7 Å². The Morgan fingerprint density at radius 2 is 1.42 bits per heavy atom. The lowest BCUT2D eigenvalue weighted by Crippen LogP contribution is -3.13. The molecule has 0 radical (unpaired) electrons. The van der Waals surface area contributed by atoms with Crippen LogP contribution in [0.4, 0.5) is 4.39 Å². The van der Waals surface area contributed by atoms with Gasteiger partial charge in [-0.1, -0.05) is 0 Å². The molecule has 0 aliphatic heterocycles. The number of quaternary nitrogens is 1. The van der Waals surface area contributed by atoms with E-state index >= 15 is 0 Å². The van der Waals surface area contributed by atoms with Crippen molar-refractivity contribution in [2.24, 2.45) is 0 Å². The van der Waals surface area contributed by atoms with Gasteiger partial charge in [0.1, 0.15) is 25.5 Å². The molecule has 0 atom stereocenters. The van der Waals surface area contributed by atoms with Gasteiger partial charge >= 0.3 is 0 Å². The number of nitrogens with one attached hydrogen (secondary N) is 1. The third-order valence-electron chi connectivity index (χ3n) is 2.88. The Labute approximate surface area is 139 Å². The van der Waals surface area contributed by atoms with E-state index in [4.69, 9.17) is 15.3 Å². The minimum Gasteiger partial charge on any atom is -0.549 e. The van der Waals surface area contributed by atoms with Gasteiger partial charge in [-0.2, -0.15) is 0 Å². The fraction of sp³-hybridized carbons (Fsp3) is 0.500. The van der Waals surface area contributed by atoms with Gasteiger partial charge in [0.15, 0.2) is 9.84 Å². The van der Waals surface area contributed by atoms with Crippen molar-refractivity contribution in [3.63, 3.8) is 0 Å². The van der Waals surface area contributed by atoms with Gasteiger partial charge in [0.05, 0.1) is 36.4 Å². The SMILES string of the molecule is O=C([O-])CS(=O)(=O)c1ccc(F)cc1.OCC[NH+](CCO)CCO. The van der Waals surface area contributed by atoms with Gasteiger partial charge in [0.2, 0.25) is 0 Å². The molecule has 10 heteroatoms. The fourth-order valence-corrected chi connectivity index (χ4v) is 2.76. The van der Waals surface area contributed by atoms with Gasteiger partial charge < -0.3 is 30.1 Å². The van der Waals surface area contributed by atoms with Crippen molar-refractivity contribution in [2.75, 3.05) is 45.2 Å². The van der Waals surface area contributed by atoms with Gasteiger partial charge in [-0.15, -0.1) is 0 Å². The first-order valence-corrected chi connectivity index (χ1v) is 8.76. The molecule has 138 valence electrons. The molecule has 0 bridgehead atoms. The van der Waals surface area contributed by atoms with Gasteiger partial charge in [-0.3, -0.25) is 0 Å². The molecular formula is C14H22FNO7S. The molecule has 24 heavy (non-hydrogen) atoms. The van der Waals surface area contributed by atoms with Crippen LogP contribution in [0.25, 0.3) is 0 Å². The van der Waals surface area contributed by atoms with Crippen LogP contribution < -0.4 is 10.0 Å². The zero-order valence-corrected chi connectivity index (χ0v) is 13.8. The van der Waals surface area contributed by atoms with Crippen molar-refractivity contribution in [3.05, 3.63) is 30.1 Å². The highest BCUT2D eigenvalue weighted by Gasteiger charge is 2.14. The van der Waals surface area contributed by atoms with Gasteiger partial charge in [-0.05, 0) is 24.3 Å². The van der Waals surface area contributed by atoms with Crippen molar-refractivity contribution in [1.82, 2.24) is 0 Å². The van der Waals surface area contributed by atoms with E-state index in [2.05, 4.69) is 0 Å². The maximum atomic E-state index is 12.4. The zero-order valence-electron chi connectivity index (χ0n) is 13.0. The van der Waals surface area contributed by atoms with E-state index in [0.29, 0.717) is 19.6 Å². The quantitative estimate of drug-likeness (QED) is 0.328. The van der Waals surface area contributed by atoms with E-state index in [1.807, 2.05) is 0 Å². The normalized spacial score (nSPS) is 11.0. The number of sulfone groups is 1. The molecule has 8 nitrogen and oxygen atoms in total. The number of aliphatic hydroxyl groups excluding tert-OH is 3. The molecule has 1 rings (SSSR count). The summed E-state index contributed by atoms with van der Waals surface area (Å²) in [5.74, 6) is -3.37. The van der Waals surface area contributed by atoms with Crippen molar-refractivity contribution in [1.29, 1.82) is 0 Å². The number of benzene rings is 1. The lowest BCUT2D eigenvalue weighted by molar-refractivity contribution is -0.901. The highest BCUT2D eigenvalue weighted by Crippen LogP contribution is 2.11. The molecule has 1 aromatic carbocycles. The van der Waals surface area contributed by atoms with E-state index in [-0.39, 0.29) is 24.7 Å². The minimum absolute atomic E-state index is 0.106. The molecule has 0 saturated carbocycles. The van der Waals surface area contributed by atoms with Crippen LogP contribution in [0.1, 0.15) is 0 Å². The smallest absolute Gasteiger partial charge is 0.183 e. The zero-order chi connectivity index (χ0) is 18.6. The Balaban J connectivity index is 0.000000470. The van der Waals surface area contributed by atoms with Crippen LogP contribution in [0, 0.1) is 5.82 Å². The van der Waals surface area contributed by atoms with E-state index in [1.54, 1.807) is 0 Å². The average molecular weight is 367 g/mol. The number of carboxylic acid groups (broad SMARTS) is 1. The number of carbonyl (C=O) groups excluding carboxylic acids is 1. The molecule has 0 aliphatic rings. The Kier molecular flexibility index (Phi) is 11.1. The Morgan fingerprint density at radius 3 is 1.75 bits per heavy atom. The topological polar surface area (TPSA) is 139 Å². The van der Waals surface area contributed by atoms with Gasteiger partial charge in [-0.25, -0.2) is 12.8 Å². The van der Waals surface area contributed by atoms with Crippen LogP contribution in [0.2, 0.25) is 0 Å².